The minimum atomic E-state index is 0.153. The van der Waals surface area contributed by atoms with E-state index in [4.69, 9.17) is 4.74 Å². The lowest BCUT2D eigenvalue weighted by Crippen LogP contribution is -2.43. The zero-order valence-electron chi connectivity index (χ0n) is 14.7. The second kappa shape index (κ2) is 8.92. The normalized spacial score (nSPS) is 21.2. The molecule has 4 nitrogen and oxygen atoms in total. The van der Waals surface area contributed by atoms with E-state index in [1.165, 1.54) is 12.8 Å². The maximum atomic E-state index is 12.3. The third kappa shape index (κ3) is 5.54. The summed E-state index contributed by atoms with van der Waals surface area (Å²) in [6, 6.07) is 8.90. The first kappa shape index (κ1) is 17.8. The van der Waals surface area contributed by atoms with Gasteiger partial charge in [0.2, 0.25) is 5.91 Å². The van der Waals surface area contributed by atoms with Gasteiger partial charge in [0.05, 0.1) is 6.61 Å². The lowest BCUT2D eigenvalue weighted by molar-refractivity contribution is -0.122. The summed E-state index contributed by atoms with van der Waals surface area (Å²) >= 11 is 0. The third-order valence-electron chi connectivity index (χ3n) is 4.64. The molecule has 0 heterocycles. The van der Waals surface area contributed by atoms with Gasteiger partial charge in [0, 0.05) is 18.5 Å². The van der Waals surface area contributed by atoms with Crippen molar-refractivity contribution in [2.75, 3.05) is 20.7 Å². The molecule has 0 unspecified atom stereocenters. The number of rotatable bonds is 7. The molecule has 1 fully saturated rings. The molecule has 1 amide bonds. The molecule has 4 heteroatoms. The number of carbonyl (C=O) groups excluding carboxylic acids is 1. The number of nitrogens with one attached hydrogen (secondary N) is 1. The predicted molar refractivity (Wildman–Crippen MR) is 93.8 cm³/mol. The van der Waals surface area contributed by atoms with Crippen LogP contribution in [0.2, 0.25) is 0 Å². The van der Waals surface area contributed by atoms with Crippen LogP contribution in [-0.2, 0) is 11.2 Å². The van der Waals surface area contributed by atoms with Gasteiger partial charge < -0.3 is 15.0 Å². The Labute approximate surface area is 140 Å². The average Bonchev–Trinajstić information content (AvgIpc) is 2.54. The van der Waals surface area contributed by atoms with Gasteiger partial charge in [0.1, 0.15) is 5.75 Å². The molecule has 2 atom stereocenters. The second-order valence-electron chi connectivity index (χ2n) is 6.59. The van der Waals surface area contributed by atoms with Crippen molar-refractivity contribution in [3.63, 3.8) is 0 Å². The van der Waals surface area contributed by atoms with E-state index in [0.29, 0.717) is 25.1 Å². The molecule has 1 aliphatic carbocycles. The van der Waals surface area contributed by atoms with E-state index in [9.17, 15) is 4.79 Å². The molecule has 23 heavy (non-hydrogen) atoms. The first-order chi connectivity index (χ1) is 11.1. The van der Waals surface area contributed by atoms with E-state index in [-0.39, 0.29) is 5.91 Å². The van der Waals surface area contributed by atoms with Crippen molar-refractivity contribution < 1.29 is 9.53 Å². The molecule has 1 aliphatic rings. The number of ether oxygens (including phenoxy) is 1. The summed E-state index contributed by atoms with van der Waals surface area (Å²) in [5.41, 5.74) is 1.11. The van der Waals surface area contributed by atoms with Gasteiger partial charge in [0.15, 0.2) is 0 Å². The van der Waals surface area contributed by atoms with Crippen molar-refractivity contribution in [1.82, 2.24) is 10.2 Å². The molecular weight excluding hydrogens is 288 g/mol. The molecule has 1 aromatic rings. The smallest absolute Gasteiger partial charge is 0.220 e. The highest BCUT2D eigenvalue weighted by molar-refractivity contribution is 5.76. The van der Waals surface area contributed by atoms with Crippen LogP contribution in [0.5, 0.6) is 5.75 Å². The molecule has 2 rings (SSSR count). The van der Waals surface area contributed by atoms with Crippen molar-refractivity contribution in [2.45, 2.75) is 57.5 Å². The van der Waals surface area contributed by atoms with Crippen molar-refractivity contribution in [1.29, 1.82) is 0 Å². The molecule has 0 aromatic heterocycles. The van der Waals surface area contributed by atoms with Gasteiger partial charge in [-0.3, -0.25) is 4.79 Å². The number of para-hydroxylation sites is 1. The number of amides is 1. The molecule has 0 bridgehead atoms. The monoisotopic (exact) mass is 318 g/mol. The first-order valence-corrected chi connectivity index (χ1v) is 8.76. The Hall–Kier alpha value is -1.55. The average molecular weight is 318 g/mol. The molecule has 0 aliphatic heterocycles. The van der Waals surface area contributed by atoms with E-state index in [1.54, 1.807) is 0 Å². The van der Waals surface area contributed by atoms with Crippen LogP contribution in [0.1, 0.15) is 44.6 Å². The fourth-order valence-electron chi connectivity index (χ4n) is 3.32. The van der Waals surface area contributed by atoms with Gasteiger partial charge in [-0.25, -0.2) is 0 Å². The molecule has 128 valence electrons. The Balaban J connectivity index is 1.81. The Morgan fingerprint density at radius 2 is 2.09 bits per heavy atom. The Bertz CT molecular complexity index is 502. The quantitative estimate of drug-likeness (QED) is 0.840. The van der Waals surface area contributed by atoms with E-state index in [0.717, 1.165) is 30.6 Å². The summed E-state index contributed by atoms with van der Waals surface area (Å²) in [5, 5.41) is 3.22. The van der Waals surface area contributed by atoms with E-state index < -0.39 is 0 Å². The van der Waals surface area contributed by atoms with Crippen molar-refractivity contribution >= 4 is 5.91 Å². The van der Waals surface area contributed by atoms with Crippen LogP contribution in [0.25, 0.3) is 0 Å². The first-order valence-electron chi connectivity index (χ1n) is 8.76. The highest BCUT2D eigenvalue weighted by Gasteiger charge is 2.24. The maximum Gasteiger partial charge on any atom is 0.220 e. The Kier molecular flexibility index (Phi) is 6.90. The van der Waals surface area contributed by atoms with Crippen LogP contribution >= 0.6 is 0 Å². The molecular formula is C19H30N2O2. The van der Waals surface area contributed by atoms with Crippen molar-refractivity contribution in [3.8, 4) is 5.75 Å². The third-order valence-corrected chi connectivity index (χ3v) is 4.64. The van der Waals surface area contributed by atoms with Gasteiger partial charge in [0.25, 0.3) is 0 Å². The van der Waals surface area contributed by atoms with Gasteiger partial charge >= 0.3 is 0 Å². The Morgan fingerprint density at radius 3 is 2.83 bits per heavy atom. The molecule has 1 N–H and O–H groups in total. The molecule has 1 aromatic carbocycles. The number of aryl methyl sites for hydroxylation is 1. The summed E-state index contributed by atoms with van der Waals surface area (Å²) in [5.74, 6) is 1.05. The summed E-state index contributed by atoms with van der Waals surface area (Å²) in [4.78, 5) is 14.5. The Morgan fingerprint density at radius 1 is 1.30 bits per heavy atom. The van der Waals surface area contributed by atoms with Crippen LogP contribution in [-0.4, -0.2) is 43.6 Å². The minimum Gasteiger partial charge on any atom is -0.494 e. The highest BCUT2D eigenvalue weighted by Crippen LogP contribution is 2.22. The van der Waals surface area contributed by atoms with Crippen LogP contribution in [0.4, 0.5) is 0 Å². The van der Waals surface area contributed by atoms with Crippen LogP contribution in [0, 0.1) is 0 Å². The SMILES string of the molecule is CCOc1ccccc1CCC(=O)N[C@H]1CCC[C@H](N(C)C)C1. The van der Waals surface area contributed by atoms with E-state index in [2.05, 4.69) is 24.3 Å². The molecule has 0 saturated heterocycles. The zero-order valence-corrected chi connectivity index (χ0v) is 14.7. The summed E-state index contributed by atoms with van der Waals surface area (Å²) in [7, 11) is 4.25. The minimum absolute atomic E-state index is 0.153. The van der Waals surface area contributed by atoms with Crippen molar-refractivity contribution in [2.24, 2.45) is 0 Å². The predicted octanol–water partition coefficient (Wildman–Crippen LogP) is 3.01. The van der Waals surface area contributed by atoms with Gasteiger partial charge in [-0.05, 0) is 64.8 Å². The highest BCUT2D eigenvalue weighted by atomic mass is 16.5. The summed E-state index contributed by atoms with van der Waals surface area (Å²) in [6.07, 6.45) is 5.85. The summed E-state index contributed by atoms with van der Waals surface area (Å²) in [6.45, 7) is 2.63. The lowest BCUT2D eigenvalue weighted by atomic mass is 9.90. The van der Waals surface area contributed by atoms with Crippen molar-refractivity contribution in [3.05, 3.63) is 29.8 Å². The number of nitrogens with zero attached hydrogens (tertiary/aromatic N) is 1. The second-order valence-corrected chi connectivity index (χ2v) is 6.59. The van der Waals surface area contributed by atoms with Gasteiger partial charge in [-0.15, -0.1) is 0 Å². The summed E-state index contributed by atoms with van der Waals surface area (Å²) < 4.78 is 5.62. The van der Waals surface area contributed by atoms with E-state index in [1.807, 2.05) is 31.2 Å². The number of benzene rings is 1. The fraction of sp³-hybridized carbons (Fsp3) is 0.632. The molecule has 1 saturated carbocycles. The molecule has 0 radical (unpaired) electrons. The standard InChI is InChI=1S/C19H30N2O2/c1-4-23-18-11-6-5-8-15(18)12-13-19(22)20-16-9-7-10-17(14-16)21(2)3/h5-6,8,11,16-17H,4,7,9-10,12-14H2,1-3H3,(H,20,22)/t16-,17-/m0/s1. The number of hydrogen-bond donors (Lipinski definition) is 1. The number of carbonyl (C=O) groups is 1. The van der Waals surface area contributed by atoms with Crippen LogP contribution in [0.3, 0.4) is 0 Å². The maximum absolute atomic E-state index is 12.3. The van der Waals surface area contributed by atoms with E-state index >= 15 is 0 Å². The topological polar surface area (TPSA) is 41.6 Å². The van der Waals surface area contributed by atoms with Crippen LogP contribution in [0.15, 0.2) is 24.3 Å². The largest absolute Gasteiger partial charge is 0.494 e. The van der Waals surface area contributed by atoms with Gasteiger partial charge in [-0.2, -0.15) is 0 Å². The van der Waals surface area contributed by atoms with Crippen LogP contribution < -0.4 is 10.1 Å². The molecule has 0 spiro atoms. The van der Waals surface area contributed by atoms with Gasteiger partial charge in [-0.1, -0.05) is 18.2 Å². The zero-order chi connectivity index (χ0) is 16.7. The lowest BCUT2D eigenvalue weighted by Gasteiger charge is -2.33. The fourth-order valence-corrected chi connectivity index (χ4v) is 3.32. The number of hydrogen-bond acceptors (Lipinski definition) is 3.